The van der Waals surface area contributed by atoms with Gasteiger partial charge in [-0.1, -0.05) is 34.1 Å². The molecule has 4 rings (SSSR count). The highest BCUT2D eigenvalue weighted by Gasteiger charge is 2.19. The molecule has 0 heterocycles. The Morgan fingerprint density at radius 3 is 1.60 bits per heavy atom. The van der Waals surface area contributed by atoms with Crippen molar-refractivity contribution in [3.8, 4) is 11.5 Å². The first-order chi connectivity index (χ1) is 20.2. The second-order valence-electron chi connectivity index (χ2n) is 8.81. The zero-order valence-electron chi connectivity index (χ0n) is 22.7. The third-order valence-electron chi connectivity index (χ3n) is 5.61. The Kier molecular flexibility index (Phi) is 12.6. The third kappa shape index (κ3) is 9.50. The summed E-state index contributed by atoms with van der Waals surface area (Å²) in [7, 11) is 0. The predicted octanol–water partition coefficient (Wildman–Crippen LogP) is 6.89. The number of phenols is 1. The maximum atomic E-state index is 13.9. The summed E-state index contributed by atoms with van der Waals surface area (Å²) in [4.78, 5) is 21.4. The molecule has 6 nitrogen and oxygen atoms in total. The molecule has 0 aliphatic rings. The van der Waals surface area contributed by atoms with Crippen molar-refractivity contribution in [3.63, 3.8) is 0 Å². The monoisotopic (exact) mass is 670 g/mol. The fourth-order valence-corrected chi connectivity index (χ4v) is 3.73. The number of carbonyl (C=O) groups is 2. The van der Waals surface area contributed by atoms with Crippen molar-refractivity contribution in [1.29, 1.82) is 0 Å². The molecule has 0 saturated carbocycles. The van der Waals surface area contributed by atoms with Crippen molar-refractivity contribution in [3.05, 3.63) is 129 Å². The lowest BCUT2D eigenvalue weighted by atomic mass is 10.1. The van der Waals surface area contributed by atoms with Crippen LogP contribution in [0.4, 0.5) is 26.3 Å². The van der Waals surface area contributed by atoms with Crippen LogP contribution in [0.5, 0.6) is 11.5 Å². The number of primary amides is 2. The number of halogens is 7. The average Bonchev–Trinajstić information content (AvgIpc) is 2.94. The van der Waals surface area contributed by atoms with Gasteiger partial charge in [0.1, 0.15) is 41.0 Å². The molecule has 0 fully saturated rings. The minimum Gasteiger partial charge on any atom is -0.505 e. The summed E-state index contributed by atoms with van der Waals surface area (Å²) in [5, 5.41) is 9.51. The van der Waals surface area contributed by atoms with Crippen LogP contribution in [-0.4, -0.2) is 16.9 Å². The molecule has 0 saturated heterocycles. The number of benzene rings is 4. The highest BCUT2D eigenvalue weighted by Crippen LogP contribution is 2.24. The van der Waals surface area contributed by atoms with E-state index in [9.17, 15) is 35.9 Å². The van der Waals surface area contributed by atoms with Gasteiger partial charge in [0, 0.05) is 5.33 Å². The number of hydrogen-bond donors (Lipinski definition) is 3. The van der Waals surface area contributed by atoms with Crippen LogP contribution in [-0.2, 0) is 11.9 Å². The minimum atomic E-state index is -1.33. The normalized spacial score (nSPS) is 10.2. The number of rotatable bonds is 6. The van der Waals surface area contributed by atoms with E-state index in [1.807, 2.05) is 6.07 Å². The van der Waals surface area contributed by atoms with Crippen LogP contribution in [0.25, 0.3) is 0 Å². The Balaban J connectivity index is 0.000000248. The highest BCUT2D eigenvalue weighted by molar-refractivity contribution is 9.08. The second kappa shape index (κ2) is 15.6. The molecule has 5 N–H and O–H groups in total. The molecule has 13 heteroatoms. The SMILES string of the molecule is Cc1cc(CBr)ccc1F.Cc1cc(COc2ccc(F)c(C(N)=O)c2F)ccc1F.NC(=O)c1c(F)ccc(O)c1F. The van der Waals surface area contributed by atoms with Gasteiger partial charge in [-0.15, -0.1) is 0 Å². The zero-order valence-corrected chi connectivity index (χ0v) is 24.2. The second-order valence-corrected chi connectivity index (χ2v) is 9.37. The smallest absolute Gasteiger partial charge is 0.254 e. The molecule has 228 valence electrons. The largest absolute Gasteiger partial charge is 0.505 e. The van der Waals surface area contributed by atoms with E-state index >= 15 is 0 Å². The van der Waals surface area contributed by atoms with E-state index in [2.05, 4.69) is 21.7 Å². The summed E-state index contributed by atoms with van der Waals surface area (Å²) in [6.07, 6.45) is 0. The number of amides is 2. The van der Waals surface area contributed by atoms with E-state index < -0.39 is 52.0 Å². The summed E-state index contributed by atoms with van der Waals surface area (Å²) >= 11 is 3.29. The Labute approximate surface area is 251 Å². The van der Waals surface area contributed by atoms with Gasteiger partial charge in [0.15, 0.2) is 23.1 Å². The van der Waals surface area contributed by atoms with Crippen LogP contribution in [0.1, 0.15) is 43.0 Å². The zero-order chi connectivity index (χ0) is 32.4. The van der Waals surface area contributed by atoms with E-state index in [0.29, 0.717) is 16.7 Å². The number of carbonyl (C=O) groups excluding carboxylic acids is 2. The standard InChI is InChI=1S/C15H12F3NO2.C8H8BrF.C7H5F2NO2/c1-8-6-9(2-3-10(8)16)7-21-12-5-4-11(17)13(14(12)18)15(19)20;1-6-4-7(5-9)2-3-8(6)10;8-3-1-2-4(11)6(9)5(3)7(10)12/h2-6H,7H2,1H3,(H2,19,20);2-4H,5H2,1H3;1-2,11H,(H2,10,12). The van der Waals surface area contributed by atoms with Gasteiger partial charge in [0.05, 0.1) is 0 Å². The first kappa shape index (κ1) is 34.7. The topological polar surface area (TPSA) is 116 Å². The van der Waals surface area contributed by atoms with Gasteiger partial charge >= 0.3 is 0 Å². The fraction of sp³-hybridized carbons (Fsp3) is 0.133. The Morgan fingerprint density at radius 2 is 1.14 bits per heavy atom. The van der Waals surface area contributed by atoms with Gasteiger partial charge in [-0.3, -0.25) is 9.59 Å². The van der Waals surface area contributed by atoms with Crippen molar-refractivity contribution < 1.29 is 45.8 Å². The van der Waals surface area contributed by atoms with Crippen LogP contribution in [0.3, 0.4) is 0 Å². The number of hydrogen-bond acceptors (Lipinski definition) is 4. The molecular formula is C30H25BrF6N2O4. The summed E-state index contributed by atoms with van der Waals surface area (Å²) in [5.74, 6) is -8.68. The van der Waals surface area contributed by atoms with Crippen LogP contribution in [0.2, 0.25) is 0 Å². The van der Waals surface area contributed by atoms with Crippen molar-refractivity contribution in [2.45, 2.75) is 25.8 Å². The number of aryl methyl sites for hydroxylation is 2. The number of aromatic hydroxyl groups is 1. The maximum Gasteiger partial charge on any atom is 0.254 e. The molecule has 0 atom stereocenters. The van der Waals surface area contributed by atoms with E-state index in [4.69, 9.17) is 15.6 Å². The molecular weight excluding hydrogens is 646 g/mol. The van der Waals surface area contributed by atoms with Gasteiger partial charge in [-0.25, -0.2) is 26.3 Å². The molecule has 43 heavy (non-hydrogen) atoms. The average molecular weight is 671 g/mol. The number of ether oxygens (including phenoxy) is 1. The number of phenolic OH excluding ortho intramolecular Hbond substituents is 1. The van der Waals surface area contributed by atoms with Crippen LogP contribution < -0.4 is 16.2 Å². The predicted molar refractivity (Wildman–Crippen MR) is 151 cm³/mol. The molecule has 0 radical (unpaired) electrons. The quantitative estimate of drug-likeness (QED) is 0.153. The van der Waals surface area contributed by atoms with Crippen molar-refractivity contribution >= 4 is 27.7 Å². The first-order valence-electron chi connectivity index (χ1n) is 12.1. The first-order valence-corrected chi connectivity index (χ1v) is 13.2. The van der Waals surface area contributed by atoms with Crippen molar-refractivity contribution in [1.82, 2.24) is 0 Å². The molecule has 0 aliphatic carbocycles. The lowest BCUT2D eigenvalue weighted by Crippen LogP contribution is -2.16. The lowest BCUT2D eigenvalue weighted by Gasteiger charge is -2.10. The van der Waals surface area contributed by atoms with E-state index in [-0.39, 0.29) is 24.0 Å². The van der Waals surface area contributed by atoms with Crippen molar-refractivity contribution in [2.24, 2.45) is 11.5 Å². The van der Waals surface area contributed by atoms with Gasteiger partial charge in [-0.05, 0) is 78.6 Å². The van der Waals surface area contributed by atoms with Gasteiger partial charge in [0.2, 0.25) is 0 Å². The maximum absolute atomic E-state index is 13.9. The Hall–Kier alpha value is -4.52. The molecule has 4 aromatic rings. The molecule has 4 aromatic carbocycles. The van der Waals surface area contributed by atoms with Crippen molar-refractivity contribution in [2.75, 3.05) is 0 Å². The summed E-state index contributed by atoms with van der Waals surface area (Å²) in [6, 6.07) is 12.9. The molecule has 2 amide bonds. The van der Waals surface area contributed by atoms with E-state index in [1.54, 1.807) is 26.0 Å². The summed E-state index contributed by atoms with van der Waals surface area (Å²) in [6.45, 7) is 3.30. The molecule has 0 bridgehead atoms. The summed E-state index contributed by atoms with van der Waals surface area (Å²) in [5.41, 5.74) is 10.6. The molecule has 0 aliphatic heterocycles. The van der Waals surface area contributed by atoms with Crippen LogP contribution in [0, 0.1) is 48.8 Å². The third-order valence-corrected chi connectivity index (χ3v) is 6.26. The van der Waals surface area contributed by atoms with Gasteiger partial charge in [-0.2, -0.15) is 0 Å². The number of alkyl halides is 1. The van der Waals surface area contributed by atoms with Gasteiger partial charge in [0.25, 0.3) is 11.8 Å². The molecule has 0 aromatic heterocycles. The van der Waals surface area contributed by atoms with E-state index in [1.165, 1.54) is 18.2 Å². The minimum absolute atomic E-state index is 0.0537. The van der Waals surface area contributed by atoms with Crippen LogP contribution >= 0.6 is 15.9 Å². The fourth-order valence-electron chi connectivity index (χ4n) is 3.39. The number of nitrogens with two attached hydrogens (primary N) is 2. The lowest BCUT2D eigenvalue weighted by molar-refractivity contribution is 0.0982. The molecule has 0 spiro atoms. The molecule has 0 unspecified atom stereocenters. The Morgan fingerprint density at radius 1 is 0.698 bits per heavy atom. The Bertz CT molecular complexity index is 1640. The van der Waals surface area contributed by atoms with Crippen LogP contribution in [0.15, 0.2) is 60.7 Å². The van der Waals surface area contributed by atoms with E-state index in [0.717, 1.165) is 35.2 Å². The summed E-state index contributed by atoms with van der Waals surface area (Å²) < 4.78 is 83.5. The highest BCUT2D eigenvalue weighted by atomic mass is 79.9. The van der Waals surface area contributed by atoms with Gasteiger partial charge < -0.3 is 21.3 Å².